The van der Waals surface area contributed by atoms with E-state index in [1.165, 1.54) is 12.0 Å². The van der Waals surface area contributed by atoms with E-state index in [1.54, 1.807) is 5.57 Å². The van der Waals surface area contributed by atoms with Gasteiger partial charge in [0.1, 0.15) is 0 Å². The van der Waals surface area contributed by atoms with Gasteiger partial charge in [0.25, 0.3) is 0 Å². The number of rotatable bonds is 4. The third-order valence-corrected chi connectivity index (χ3v) is 2.28. The lowest BCUT2D eigenvalue weighted by Crippen LogP contribution is -1.92. The molecule has 1 aliphatic rings. The second kappa shape index (κ2) is 5.15. The molecule has 0 fully saturated rings. The summed E-state index contributed by atoms with van der Waals surface area (Å²) in [5.74, 6) is 0. The Morgan fingerprint density at radius 2 is 2.17 bits per heavy atom. The fourth-order valence-electron chi connectivity index (χ4n) is 1.58. The van der Waals surface area contributed by atoms with Gasteiger partial charge in [0.2, 0.25) is 0 Å². The van der Waals surface area contributed by atoms with Crippen LogP contribution in [-0.4, -0.2) is 11.7 Å². The molecule has 68 valence electrons. The van der Waals surface area contributed by atoms with Crippen LogP contribution in [0.5, 0.6) is 0 Å². The molecule has 0 unspecified atom stereocenters. The molecule has 0 saturated heterocycles. The molecule has 0 radical (unpaired) electrons. The van der Waals surface area contributed by atoms with Crippen LogP contribution in [0.15, 0.2) is 23.3 Å². The van der Waals surface area contributed by atoms with Crippen molar-refractivity contribution >= 4 is 0 Å². The summed E-state index contributed by atoms with van der Waals surface area (Å²) in [5, 5.41) is 8.62. The first-order chi connectivity index (χ1) is 5.83. The van der Waals surface area contributed by atoms with Crippen LogP contribution in [0.1, 0.15) is 39.0 Å². The maximum atomic E-state index is 8.62. The molecule has 0 aromatic heterocycles. The van der Waals surface area contributed by atoms with Crippen molar-refractivity contribution in [3.63, 3.8) is 0 Å². The quantitative estimate of drug-likeness (QED) is 0.503. The first-order valence-corrected chi connectivity index (χ1v) is 4.77. The molecule has 1 aliphatic carbocycles. The van der Waals surface area contributed by atoms with Crippen molar-refractivity contribution in [3.8, 4) is 0 Å². The predicted octanol–water partition coefficient (Wildman–Crippen LogP) is 2.82. The lowest BCUT2D eigenvalue weighted by molar-refractivity contribution is 0.284. The predicted molar refractivity (Wildman–Crippen MR) is 52.0 cm³/mol. The van der Waals surface area contributed by atoms with Crippen molar-refractivity contribution in [1.82, 2.24) is 0 Å². The Kier molecular flexibility index (Phi) is 4.09. The van der Waals surface area contributed by atoms with Gasteiger partial charge in [-0.15, -0.1) is 0 Å². The summed E-state index contributed by atoms with van der Waals surface area (Å²) < 4.78 is 0. The zero-order valence-electron chi connectivity index (χ0n) is 7.84. The van der Waals surface area contributed by atoms with E-state index in [4.69, 9.17) is 5.11 Å². The van der Waals surface area contributed by atoms with Gasteiger partial charge in [0.15, 0.2) is 0 Å². The highest BCUT2D eigenvalue weighted by atomic mass is 16.2. The van der Waals surface area contributed by atoms with Gasteiger partial charge in [-0.05, 0) is 39.0 Å². The molecule has 0 heterocycles. The average molecular weight is 166 g/mol. The minimum atomic E-state index is 0.335. The van der Waals surface area contributed by atoms with Gasteiger partial charge < -0.3 is 5.11 Å². The zero-order chi connectivity index (χ0) is 8.81. The first-order valence-electron chi connectivity index (χ1n) is 4.77. The number of hydrogen-bond acceptors (Lipinski definition) is 1. The molecule has 1 heteroatoms. The Balaban J connectivity index is 2.20. The molecule has 0 atom stereocenters. The molecule has 0 amide bonds. The highest BCUT2D eigenvalue weighted by Gasteiger charge is 2.02. The van der Waals surface area contributed by atoms with Gasteiger partial charge in [0.05, 0.1) is 0 Å². The van der Waals surface area contributed by atoms with Gasteiger partial charge in [0, 0.05) is 6.61 Å². The number of aliphatic hydroxyl groups excluding tert-OH is 1. The maximum Gasteiger partial charge on any atom is 0.0431 e. The van der Waals surface area contributed by atoms with E-state index in [2.05, 4.69) is 19.1 Å². The van der Waals surface area contributed by atoms with Crippen LogP contribution in [0, 0.1) is 0 Å². The van der Waals surface area contributed by atoms with Crippen LogP contribution in [0.25, 0.3) is 0 Å². The summed E-state index contributed by atoms with van der Waals surface area (Å²) in [6.45, 7) is 2.53. The van der Waals surface area contributed by atoms with Crippen LogP contribution in [0.3, 0.4) is 0 Å². The van der Waals surface area contributed by atoms with E-state index in [1.807, 2.05) is 0 Å². The van der Waals surface area contributed by atoms with Gasteiger partial charge in [-0.3, -0.25) is 0 Å². The van der Waals surface area contributed by atoms with Gasteiger partial charge in [-0.1, -0.05) is 23.3 Å². The van der Waals surface area contributed by atoms with Crippen molar-refractivity contribution in [1.29, 1.82) is 0 Å². The highest BCUT2D eigenvalue weighted by molar-refractivity contribution is 5.20. The van der Waals surface area contributed by atoms with Crippen LogP contribution in [-0.2, 0) is 0 Å². The molecule has 0 aliphatic heterocycles. The Morgan fingerprint density at radius 1 is 1.33 bits per heavy atom. The summed E-state index contributed by atoms with van der Waals surface area (Å²) >= 11 is 0. The van der Waals surface area contributed by atoms with Crippen LogP contribution < -0.4 is 0 Å². The van der Waals surface area contributed by atoms with Crippen LogP contribution >= 0.6 is 0 Å². The number of hydrogen-bond donors (Lipinski definition) is 1. The minimum absolute atomic E-state index is 0.335. The van der Waals surface area contributed by atoms with E-state index >= 15 is 0 Å². The first kappa shape index (κ1) is 9.53. The van der Waals surface area contributed by atoms with Crippen LogP contribution in [0.2, 0.25) is 0 Å². The third-order valence-electron chi connectivity index (χ3n) is 2.28. The van der Waals surface area contributed by atoms with Gasteiger partial charge in [-0.2, -0.15) is 0 Å². The Bertz CT molecular complexity index is 189. The second-order valence-corrected chi connectivity index (χ2v) is 3.51. The average Bonchev–Trinajstić information content (AvgIpc) is 2.05. The molecule has 0 aromatic carbocycles. The molecule has 0 bridgehead atoms. The van der Waals surface area contributed by atoms with Crippen molar-refractivity contribution in [3.05, 3.63) is 23.3 Å². The molecule has 0 saturated carbocycles. The largest absolute Gasteiger partial charge is 0.396 e. The molecule has 12 heavy (non-hydrogen) atoms. The molecule has 1 rings (SSSR count). The molecular weight excluding hydrogens is 148 g/mol. The van der Waals surface area contributed by atoms with Gasteiger partial charge in [-0.25, -0.2) is 0 Å². The van der Waals surface area contributed by atoms with E-state index in [0.717, 1.165) is 25.7 Å². The standard InChI is InChI=1S/C11H18O/c1-10-5-4-7-11(9-10)6-2-3-8-12/h5,7,12H,2-4,6,8-9H2,1H3. The number of aliphatic hydroxyl groups is 1. The van der Waals surface area contributed by atoms with Crippen LogP contribution in [0.4, 0.5) is 0 Å². The third kappa shape index (κ3) is 3.22. The summed E-state index contributed by atoms with van der Waals surface area (Å²) in [7, 11) is 0. The van der Waals surface area contributed by atoms with Crippen molar-refractivity contribution in [2.24, 2.45) is 0 Å². The molecule has 0 aromatic rings. The Labute approximate surface area is 74.8 Å². The zero-order valence-corrected chi connectivity index (χ0v) is 7.84. The topological polar surface area (TPSA) is 20.2 Å². The van der Waals surface area contributed by atoms with Gasteiger partial charge >= 0.3 is 0 Å². The lowest BCUT2D eigenvalue weighted by atomic mass is 9.95. The fraction of sp³-hybridized carbons (Fsp3) is 0.636. The van der Waals surface area contributed by atoms with Crippen molar-refractivity contribution in [2.45, 2.75) is 39.0 Å². The van der Waals surface area contributed by atoms with Crippen molar-refractivity contribution < 1.29 is 5.11 Å². The molecule has 1 nitrogen and oxygen atoms in total. The molecule has 0 spiro atoms. The monoisotopic (exact) mass is 166 g/mol. The van der Waals surface area contributed by atoms with Crippen molar-refractivity contribution in [2.75, 3.05) is 6.61 Å². The normalized spacial score (nSPS) is 17.2. The SMILES string of the molecule is CC1=CCC=C(CCCCO)C1. The van der Waals surface area contributed by atoms with E-state index < -0.39 is 0 Å². The highest BCUT2D eigenvalue weighted by Crippen LogP contribution is 2.21. The summed E-state index contributed by atoms with van der Waals surface area (Å²) in [6, 6.07) is 0. The minimum Gasteiger partial charge on any atom is -0.396 e. The smallest absolute Gasteiger partial charge is 0.0431 e. The number of unbranched alkanes of at least 4 members (excludes halogenated alkanes) is 1. The van der Waals surface area contributed by atoms with E-state index in [9.17, 15) is 0 Å². The molecule has 1 N–H and O–H groups in total. The Morgan fingerprint density at radius 3 is 2.83 bits per heavy atom. The van der Waals surface area contributed by atoms with E-state index in [-0.39, 0.29) is 0 Å². The molecular formula is C11H18O. The summed E-state index contributed by atoms with van der Waals surface area (Å²) in [5.41, 5.74) is 3.06. The lowest BCUT2D eigenvalue weighted by Gasteiger charge is -2.11. The number of allylic oxidation sites excluding steroid dienone is 4. The maximum absolute atomic E-state index is 8.62. The Hall–Kier alpha value is -0.560. The summed E-state index contributed by atoms with van der Waals surface area (Å²) in [6.07, 6.45) is 10.1. The second-order valence-electron chi connectivity index (χ2n) is 3.51. The fourth-order valence-corrected chi connectivity index (χ4v) is 1.58. The van der Waals surface area contributed by atoms with E-state index in [0.29, 0.717) is 6.61 Å². The summed E-state index contributed by atoms with van der Waals surface area (Å²) in [4.78, 5) is 0.